The Balaban J connectivity index is 2.72. The van der Waals surface area contributed by atoms with Crippen LogP contribution >= 0.6 is 0 Å². The summed E-state index contributed by atoms with van der Waals surface area (Å²) in [7, 11) is 0. The highest BCUT2D eigenvalue weighted by molar-refractivity contribution is 5.80. The summed E-state index contributed by atoms with van der Waals surface area (Å²) in [6.07, 6.45) is 0.865. The van der Waals surface area contributed by atoms with Gasteiger partial charge in [0.05, 0.1) is 6.42 Å². The highest BCUT2D eigenvalue weighted by Crippen LogP contribution is 2.39. The molecule has 0 atom stereocenters. The number of esters is 1. The SMILES string of the molecule is CC(C)c1c(F)c(OC(F)F)cc(-c2ccnc(F)c2)c1CC(=O)OC(C)(C)C. The maximum Gasteiger partial charge on any atom is 0.387 e. The van der Waals surface area contributed by atoms with Crippen LogP contribution in [0.2, 0.25) is 0 Å². The van der Waals surface area contributed by atoms with Gasteiger partial charge in [0.25, 0.3) is 0 Å². The molecule has 0 bridgehead atoms. The first kappa shape index (κ1) is 22.6. The smallest absolute Gasteiger partial charge is 0.387 e. The lowest BCUT2D eigenvalue weighted by atomic mass is 9.87. The molecule has 0 saturated carbocycles. The van der Waals surface area contributed by atoms with Crippen molar-refractivity contribution >= 4 is 5.97 Å². The van der Waals surface area contributed by atoms with Gasteiger partial charge in [0.2, 0.25) is 5.95 Å². The van der Waals surface area contributed by atoms with E-state index in [0.717, 1.165) is 12.1 Å². The molecule has 1 heterocycles. The Hall–Kier alpha value is -2.64. The maximum absolute atomic E-state index is 15.0. The van der Waals surface area contributed by atoms with E-state index >= 15 is 4.39 Å². The van der Waals surface area contributed by atoms with Gasteiger partial charge in [0.1, 0.15) is 5.60 Å². The van der Waals surface area contributed by atoms with E-state index in [1.807, 2.05) is 0 Å². The molecule has 4 nitrogen and oxygen atoms in total. The van der Waals surface area contributed by atoms with Gasteiger partial charge in [-0.2, -0.15) is 13.2 Å². The fourth-order valence-electron chi connectivity index (χ4n) is 3.02. The molecule has 1 aromatic carbocycles. The largest absolute Gasteiger partial charge is 0.460 e. The summed E-state index contributed by atoms with van der Waals surface area (Å²) >= 11 is 0. The van der Waals surface area contributed by atoms with Crippen LogP contribution in [0.1, 0.15) is 51.7 Å². The van der Waals surface area contributed by atoms with Gasteiger partial charge in [-0.3, -0.25) is 4.79 Å². The van der Waals surface area contributed by atoms with Crippen molar-refractivity contribution in [1.82, 2.24) is 4.98 Å². The van der Waals surface area contributed by atoms with E-state index in [2.05, 4.69) is 9.72 Å². The Morgan fingerprint density at radius 1 is 1.17 bits per heavy atom. The van der Waals surface area contributed by atoms with Crippen LogP contribution in [0.15, 0.2) is 24.4 Å². The van der Waals surface area contributed by atoms with Crippen LogP contribution in [0.25, 0.3) is 11.1 Å². The number of pyridine rings is 1. The lowest BCUT2D eigenvalue weighted by Gasteiger charge is -2.23. The van der Waals surface area contributed by atoms with Crippen LogP contribution in [0.5, 0.6) is 5.75 Å². The molecule has 0 N–H and O–H groups in total. The number of carbonyl (C=O) groups excluding carboxylic acids is 1. The summed E-state index contributed by atoms with van der Waals surface area (Å²) in [5, 5.41) is 0. The lowest BCUT2D eigenvalue weighted by molar-refractivity contribution is -0.153. The van der Waals surface area contributed by atoms with Gasteiger partial charge in [0.15, 0.2) is 11.6 Å². The number of rotatable bonds is 6. The van der Waals surface area contributed by atoms with Crippen LogP contribution in [-0.2, 0) is 16.0 Å². The number of halogens is 4. The fourth-order valence-corrected chi connectivity index (χ4v) is 3.02. The molecule has 2 aromatic rings. The van der Waals surface area contributed by atoms with Crippen LogP contribution in [0, 0.1) is 11.8 Å². The molecule has 0 amide bonds. The number of ether oxygens (including phenoxy) is 2. The van der Waals surface area contributed by atoms with E-state index in [1.54, 1.807) is 34.6 Å². The lowest BCUT2D eigenvalue weighted by Crippen LogP contribution is -2.25. The van der Waals surface area contributed by atoms with Gasteiger partial charge in [-0.15, -0.1) is 0 Å². The Kier molecular flexibility index (Phi) is 6.87. The van der Waals surface area contributed by atoms with E-state index in [0.29, 0.717) is 0 Å². The van der Waals surface area contributed by atoms with E-state index in [1.165, 1.54) is 12.3 Å². The van der Waals surface area contributed by atoms with Gasteiger partial charge in [-0.05, 0) is 61.1 Å². The second-order valence-electron chi connectivity index (χ2n) is 7.79. The second kappa shape index (κ2) is 8.80. The quantitative estimate of drug-likeness (QED) is 0.350. The fraction of sp³-hybridized carbons (Fsp3) is 0.429. The molecule has 8 heteroatoms. The molecule has 0 spiro atoms. The van der Waals surface area contributed by atoms with Crippen molar-refractivity contribution in [1.29, 1.82) is 0 Å². The van der Waals surface area contributed by atoms with Crippen molar-refractivity contribution in [3.8, 4) is 16.9 Å². The molecule has 29 heavy (non-hydrogen) atoms. The Labute approximate surface area is 166 Å². The predicted octanol–water partition coefficient (Wildman–Crippen LogP) is 5.64. The van der Waals surface area contributed by atoms with Gasteiger partial charge in [-0.1, -0.05) is 13.8 Å². The molecular formula is C21H23F4NO3. The molecule has 0 aliphatic carbocycles. The summed E-state index contributed by atoms with van der Waals surface area (Å²) in [6.45, 7) is 5.12. The van der Waals surface area contributed by atoms with Gasteiger partial charge in [0, 0.05) is 12.3 Å². The predicted molar refractivity (Wildman–Crippen MR) is 99.9 cm³/mol. The van der Waals surface area contributed by atoms with E-state index < -0.39 is 41.6 Å². The van der Waals surface area contributed by atoms with Crippen LogP contribution in [0.4, 0.5) is 17.6 Å². The zero-order chi connectivity index (χ0) is 21.9. The molecule has 0 aliphatic rings. The van der Waals surface area contributed by atoms with Crippen molar-refractivity contribution in [3.05, 3.63) is 47.3 Å². The van der Waals surface area contributed by atoms with Gasteiger partial charge in [-0.25, -0.2) is 9.37 Å². The molecule has 158 valence electrons. The van der Waals surface area contributed by atoms with E-state index in [4.69, 9.17) is 4.74 Å². The van der Waals surface area contributed by atoms with Crippen LogP contribution < -0.4 is 4.74 Å². The maximum atomic E-state index is 15.0. The number of carbonyl (C=O) groups is 1. The molecular weight excluding hydrogens is 390 g/mol. The van der Waals surface area contributed by atoms with Crippen LogP contribution in [0.3, 0.4) is 0 Å². The highest BCUT2D eigenvalue weighted by Gasteiger charge is 2.27. The molecule has 0 fully saturated rings. The van der Waals surface area contributed by atoms with Crippen molar-refractivity contribution in [2.45, 2.75) is 59.2 Å². The minimum Gasteiger partial charge on any atom is -0.460 e. The van der Waals surface area contributed by atoms with Crippen molar-refractivity contribution in [3.63, 3.8) is 0 Å². The normalized spacial score (nSPS) is 11.8. The first-order valence-corrected chi connectivity index (χ1v) is 9.03. The van der Waals surface area contributed by atoms with Gasteiger partial charge < -0.3 is 9.47 Å². The summed E-state index contributed by atoms with van der Waals surface area (Å²) in [5.74, 6) is -3.57. The number of nitrogens with zero attached hydrogens (tertiary/aromatic N) is 1. The van der Waals surface area contributed by atoms with Crippen molar-refractivity contribution in [2.24, 2.45) is 0 Å². The topological polar surface area (TPSA) is 48.4 Å². The monoisotopic (exact) mass is 413 g/mol. The third-order valence-electron chi connectivity index (χ3n) is 3.95. The molecule has 0 aliphatic heterocycles. The third-order valence-corrected chi connectivity index (χ3v) is 3.95. The average molecular weight is 413 g/mol. The van der Waals surface area contributed by atoms with Crippen molar-refractivity contribution < 1.29 is 31.8 Å². The Bertz CT molecular complexity index is 892. The molecule has 0 radical (unpaired) electrons. The number of hydrogen-bond acceptors (Lipinski definition) is 4. The summed E-state index contributed by atoms with van der Waals surface area (Å²) in [4.78, 5) is 15.9. The molecule has 2 rings (SSSR count). The van der Waals surface area contributed by atoms with Gasteiger partial charge >= 0.3 is 12.6 Å². The van der Waals surface area contributed by atoms with Crippen molar-refractivity contribution in [2.75, 3.05) is 0 Å². The number of aromatic nitrogens is 1. The van der Waals surface area contributed by atoms with Crippen LogP contribution in [-0.4, -0.2) is 23.2 Å². The number of hydrogen-bond donors (Lipinski definition) is 0. The first-order chi connectivity index (χ1) is 13.4. The summed E-state index contributed by atoms with van der Waals surface area (Å²) < 4.78 is 64.0. The third kappa shape index (κ3) is 5.92. The summed E-state index contributed by atoms with van der Waals surface area (Å²) in [5.41, 5.74) is -0.0786. The zero-order valence-electron chi connectivity index (χ0n) is 16.9. The second-order valence-corrected chi connectivity index (χ2v) is 7.79. The number of alkyl halides is 2. The standard InChI is InChI=1S/C21H23F4NO3/c1-11(2)18-14(10-17(27)29-21(3,4)5)13(12-6-7-26-16(22)8-12)9-15(19(18)23)28-20(24)25/h6-9,11,20H,10H2,1-5H3. The molecule has 0 saturated heterocycles. The minimum absolute atomic E-state index is 0.0289. The highest BCUT2D eigenvalue weighted by atomic mass is 19.3. The summed E-state index contributed by atoms with van der Waals surface area (Å²) in [6, 6.07) is 3.55. The average Bonchev–Trinajstić information content (AvgIpc) is 2.54. The number of benzene rings is 1. The minimum atomic E-state index is -3.25. The van der Waals surface area contributed by atoms with E-state index in [-0.39, 0.29) is 28.7 Å². The molecule has 1 aromatic heterocycles. The Morgan fingerprint density at radius 2 is 1.83 bits per heavy atom. The Morgan fingerprint density at radius 3 is 2.34 bits per heavy atom. The zero-order valence-corrected chi connectivity index (χ0v) is 16.9. The first-order valence-electron chi connectivity index (χ1n) is 9.03. The van der Waals surface area contributed by atoms with E-state index in [9.17, 15) is 18.0 Å². The molecule has 0 unspecified atom stereocenters.